The van der Waals surface area contributed by atoms with Crippen LogP contribution in [0, 0.1) is 0 Å². The fourth-order valence-corrected chi connectivity index (χ4v) is 3.54. The standard InChI is InChI=1S/C22H27N3O2/c1-2-7-22(27-15-12-25-10-13-26-14-11-25)19(4-1)17-23-16-18-5-3-6-21-20(18)8-9-24-21/h1-9,23-24H,10-17H2. The van der Waals surface area contributed by atoms with Gasteiger partial charge in [-0.05, 0) is 23.8 Å². The first kappa shape index (κ1) is 18.0. The van der Waals surface area contributed by atoms with Crippen LogP contribution in [0.2, 0.25) is 0 Å². The van der Waals surface area contributed by atoms with E-state index in [1.165, 1.54) is 22.0 Å². The molecule has 0 saturated carbocycles. The number of fused-ring (bicyclic) bond motifs is 1. The average molecular weight is 365 g/mol. The van der Waals surface area contributed by atoms with Crippen LogP contribution in [0.5, 0.6) is 5.75 Å². The molecular formula is C22H27N3O2. The van der Waals surface area contributed by atoms with Gasteiger partial charge >= 0.3 is 0 Å². The minimum atomic E-state index is 0.708. The molecule has 2 aromatic carbocycles. The Hall–Kier alpha value is -2.34. The second kappa shape index (κ2) is 9.04. The predicted molar refractivity (Wildman–Crippen MR) is 108 cm³/mol. The monoisotopic (exact) mass is 365 g/mol. The summed E-state index contributed by atoms with van der Waals surface area (Å²) in [6, 6.07) is 16.8. The largest absolute Gasteiger partial charge is 0.492 e. The van der Waals surface area contributed by atoms with E-state index in [9.17, 15) is 0 Å². The topological polar surface area (TPSA) is 49.5 Å². The Labute approximate surface area is 160 Å². The second-order valence-electron chi connectivity index (χ2n) is 6.87. The van der Waals surface area contributed by atoms with Gasteiger partial charge in [0.05, 0.1) is 13.2 Å². The van der Waals surface area contributed by atoms with Crippen molar-refractivity contribution >= 4 is 10.9 Å². The van der Waals surface area contributed by atoms with Gasteiger partial charge in [0.2, 0.25) is 0 Å². The molecule has 0 unspecified atom stereocenters. The molecule has 3 aromatic rings. The summed E-state index contributed by atoms with van der Waals surface area (Å²) in [6.07, 6.45) is 1.99. The Morgan fingerprint density at radius 2 is 1.78 bits per heavy atom. The minimum Gasteiger partial charge on any atom is -0.492 e. The van der Waals surface area contributed by atoms with Gasteiger partial charge in [-0.2, -0.15) is 0 Å². The highest BCUT2D eigenvalue weighted by Gasteiger charge is 2.10. The van der Waals surface area contributed by atoms with Gasteiger partial charge < -0.3 is 19.8 Å². The van der Waals surface area contributed by atoms with Gasteiger partial charge in [-0.3, -0.25) is 4.90 Å². The Bertz CT molecular complexity index is 855. The number of morpholine rings is 1. The molecule has 0 radical (unpaired) electrons. The predicted octanol–water partition coefficient (Wildman–Crippen LogP) is 3.17. The van der Waals surface area contributed by atoms with Crippen LogP contribution in [0.4, 0.5) is 0 Å². The van der Waals surface area contributed by atoms with Gasteiger partial charge in [0.25, 0.3) is 0 Å². The summed E-state index contributed by atoms with van der Waals surface area (Å²) in [6.45, 7) is 6.92. The molecular weight excluding hydrogens is 338 g/mol. The van der Waals surface area contributed by atoms with Gasteiger partial charge in [-0.1, -0.05) is 30.3 Å². The van der Waals surface area contributed by atoms with E-state index < -0.39 is 0 Å². The lowest BCUT2D eigenvalue weighted by Crippen LogP contribution is -2.38. The third-order valence-electron chi connectivity index (χ3n) is 5.06. The van der Waals surface area contributed by atoms with Crippen molar-refractivity contribution in [3.05, 3.63) is 65.9 Å². The molecule has 5 nitrogen and oxygen atoms in total. The normalized spacial score (nSPS) is 15.3. The number of ether oxygens (including phenoxy) is 2. The molecule has 142 valence electrons. The molecule has 2 N–H and O–H groups in total. The van der Waals surface area contributed by atoms with Crippen molar-refractivity contribution in [2.75, 3.05) is 39.5 Å². The molecule has 1 fully saturated rings. The van der Waals surface area contributed by atoms with Crippen molar-refractivity contribution in [2.24, 2.45) is 0 Å². The van der Waals surface area contributed by atoms with Crippen molar-refractivity contribution in [1.29, 1.82) is 0 Å². The molecule has 0 spiro atoms. The molecule has 0 atom stereocenters. The molecule has 1 aliphatic rings. The first-order chi connectivity index (χ1) is 13.4. The number of nitrogens with zero attached hydrogens (tertiary/aromatic N) is 1. The number of rotatable bonds is 8. The maximum Gasteiger partial charge on any atom is 0.123 e. The lowest BCUT2D eigenvalue weighted by Gasteiger charge is -2.26. The second-order valence-corrected chi connectivity index (χ2v) is 6.87. The molecule has 0 amide bonds. The van der Waals surface area contributed by atoms with Crippen LogP contribution in [0.15, 0.2) is 54.7 Å². The molecule has 4 rings (SSSR count). The Balaban J connectivity index is 1.30. The van der Waals surface area contributed by atoms with Crippen molar-refractivity contribution in [3.8, 4) is 5.75 Å². The Kier molecular flexibility index (Phi) is 6.04. The highest BCUT2D eigenvalue weighted by molar-refractivity contribution is 5.82. The van der Waals surface area contributed by atoms with Crippen LogP contribution >= 0.6 is 0 Å². The van der Waals surface area contributed by atoms with Crippen molar-refractivity contribution in [2.45, 2.75) is 13.1 Å². The van der Waals surface area contributed by atoms with Gasteiger partial charge in [0, 0.05) is 55.4 Å². The Morgan fingerprint density at radius 3 is 2.70 bits per heavy atom. The lowest BCUT2D eigenvalue weighted by molar-refractivity contribution is 0.0322. The van der Waals surface area contributed by atoms with E-state index in [0.29, 0.717) is 6.61 Å². The lowest BCUT2D eigenvalue weighted by atomic mass is 10.1. The summed E-state index contributed by atoms with van der Waals surface area (Å²) in [5.74, 6) is 0.970. The number of aromatic nitrogens is 1. The molecule has 27 heavy (non-hydrogen) atoms. The van der Waals surface area contributed by atoms with Crippen LogP contribution in [0.1, 0.15) is 11.1 Å². The Morgan fingerprint density at radius 1 is 0.963 bits per heavy atom. The number of hydrogen-bond donors (Lipinski definition) is 2. The fraction of sp³-hybridized carbons (Fsp3) is 0.364. The SMILES string of the molecule is c1ccc(OCCN2CCOCC2)c(CNCc2cccc3[nH]ccc23)c1. The number of para-hydroxylation sites is 1. The number of nitrogens with one attached hydrogen (secondary N) is 2. The molecule has 1 saturated heterocycles. The average Bonchev–Trinajstić information content (AvgIpc) is 3.20. The van der Waals surface area contributed by atoms with Crippen molar-refractivity contribution < 1.29 is 9.47 Å². The summed E-state index contributed by atoms with van der Waals surface area (Å²) >= 11 is 0. The van der Waals surface area contributed by atoms with Gasteiger partial charge in [-0.15, -0.1) is 0 Å². The third kappa shape index (κ3) is 4.69. The third-order valence-corrected chi connectivity index (χ3v) is 5.06. The zero-order valence-electron chi connectivity index (χ0n) is 15.6. The van der Waals surface area contributed by atoms with E-state index in [1.807, 2.05) is 12.3 Å². The maximum absolute atomic E-state index is 6.07. The highest BCUT2D eigenvalue weighted by atomic mass is 16.5. The molecule has 2 heterocycles. The van der Waals surface area contributed by atoms with Gasteiger partial charge in [0.1, 0.15) is 12.4 Å². The molecule has 0 aliphatic carbocycles. The number of benzene rings is 2. The van der Waals surface area contributed by atoms with E-state index in [0.717, 1.165) is 51.7 Å². The van der Waals surface area contributed by atoms with Crippen LogP contribution in [0.25, 0.3) is 10.9 Å². The quantitative estimate of drug-likeness (QED) is 0.644. The highest BCUT2D eigenvalue weighted by Crippen LogP contribution is 2.20. The zero-order chi connectivity index (χ0) is 18.3. The minimum absolute atomic E-state index is 0.708. The van der Waals surface area contributed by atoms with Crippen LogP contribution in [-0.2, 0) is 17.8 Å². The molecule has 1 aromatic heterocycles. The van der Waals surface area contributed by atoms with Crippen molar-refractivity contribution in [3.63, 3.8) is 0 Å². The number of hydrogen-bond acceptors (Lipinski definition) is 4. The van der Waals surface area contributed by atoms with Gasteiger partial charge in [-0.25, -0.2) is 0 Å². The van der Waals surface area contributed by atoms with E-state index in [2.05, 4.69) is 57.7 Å². The zero-order valence-corrected chi connectivity index (χ0v) is 15.6. The summed E-state index contributed by atoms with van der Waals surface area (Å²) in [4.78, 5) is 5.66. The first-order valence-electron chi connectivity index (χ1n) is 9.67. The van der Waals surface area contributed by atoms with Crippen LogP contribution < -0.4 is 10.1 Å². The molecule has 5 heteroatoms. The smallest absolute Gasteiger partial charge is 0.123 e. The van der Waals surface area contributed by atoms with Crippen molar-refractivity contribution in [1.82, 2.24) is 15.2 Å². The fourth-order valence-electron chi connectivity index (χ4n) is 3.54. The summed E-state index contributed by atoms with van der Waals surface area (Å²) < 4.78 is 11.5. The van der Waals surface area contributed by atoms with E-state index >= 15 is 0 Å². The van der Waals surface area contributed by atoms with Crippen LogP contribution in [0.3, 0.4) is 0 Å². The maximum atomic E-state index is 6.07. The first-order valence-corrected chi connectivity index (χ1v) is 9.67. The summed E-state index contributed by atoms with van der Waals surface area (Å²) in [5.41, 5.74) is 3.68. The van der Waals surface area contributed by atoms with Gasteiger partial charge in [0.15, 0.2) is 0 Å². The van der Waals surface area contributed by atoms with E-state index in [1.54, 1.807) is 0 Å². The summed E-state index contributed by atoms with van der Waals surface area (Å²) in [7, 11) is 0. The molecule has 0 bridgehead atoms. The number of aromatic amines is 1. The van der Waals surface area contributed by atoms with Crippen LogP contribution in [-0.4, -0.2) is 49.3 Å². The summed E-state index contributed by atoms with van der Waals surface area (Å²) in [5, 5.41) is 4.84. The van der Waals surface area contributed by atoms with E-state index in [-0.39, 0.29) is 0 Å². The molecule has 1 aliphatic heterocycles. The van der Waals surface area contributed by atoms with E-state index in [4.69, 9.17) is 9.47 Å². The number of H-pyrrole nitrogens is 1.